The van der Waals surface area contributed by atoms with Crippen LogP contribution in [0.25, 0.3) is 10.8 Å². The van der Waals surface area contributed by atoms with E-state index in [4.69, 9.17) is 0 Å². The number of pyridine rings is 1. The van der Waals surface area contributed by atoms with Crippen molar-refractivity contribution in [2.75, 3.05) is 31.1 Å². The third-order valence-corrected chi connectivity index (χ3v) is 5.81. The Kier molecular flexibility index (Phi) is 6.60. The molecule has 0 radical (unpaired) electrons. The normalized spacial score (nSPS) is 14.6. The van der Waals surface area contributed by atoms with E-state index in [-0.39, 0.29) is 17.9 Å². The Balaban J connectivity index is 1.53. The standard InChI is InChI=1S/C24H29N5O2/c1-2-3-15-29-24(31)20-10-5-4-9-19(20)21(26-29)18-23(30)28-14-8-13-27(16-17-28)22-11-6-7-12-25-22/h4-7,9-12H,2-3,8,13-18H2,1H3. The summed E-state index contributed by atoms with van der Waals surface area (Å²) in [6.45, 7) is 5.67. The highest BCUT2D eigenvalue weighted by atomic mass is 16.2. The van der Waals surface area contributed by atoms with Crippen LogP contribution in [0.2, 0.25) is 0 Å². The quantitative estimate of drug-likeness (QED) is 0.614. The molecule has 0 saturated carbocycles. The highest BCUT2D eigenvalue weighted by Gasteiger charge is 2.22. The number of unbranched alkanes of at least 4 members (excludes halogenated alkanes) is 1. The molecule has 1 aromatic carbocycles. The van der Waals surface area contributed by atoms with Crippen LogP contribution in [0.1, 0.15) is 31.9 Å². The number of carbonyl (C=O) groups is 1. The predicted molar refractivity (Wildman–Crippen MR) is 122 cm³/mol. The lowest BCUT2D eigenvalue weighted by atomic mass is 10.1. The topological polar surface area (TPSA) is 71.3 Å². The number of rotatable bonds is 6. The highest BCUT2D eigenvalue weighted by Crippen LogP contribution is 2.17. The summed E-state index contributed by atoms with van der Waals surface area (Å²) >= 11 is 0. The van der Waals surface area contributed by atoms with Gasteiger partial charge < -0.3 is 9.80 Å². The summed E-state index contributed by atoms with van der Waals surface area (Å²) in [6, 6.07) is 13.4. The van der Waals surface area contributed by atoms with E-state index in [9.17, 15) is 9.59 Å². The lowest BCUT2D eigenvalue weighted by Gasteiger charge is -2.23. The van der Waals surface area contributed by atoms with Gasteiger partial charge in [-0.25, -0.2) is 9.67 Å². The van der Waals surface area contributed by atoms with Gasteiger partial charge in [0.05, 0.1) is 17.5 Å². The van der Waals surface area contributed by atoms with E-state index in [0.717, 1.165) is 50.1 Å². The van der Waals surface area contributed by atoms with E-state index in [1.807, 2.05) is 47.4 Å². The van der Waals surface area contributed by atoms with Gasteiger partial charge in [0.15, 0.2) is 0 Å². The molecule has 1 saturated heterocycles. The average Bonchev–Trinajstić information content (AvgIpc) is 3.07. The molecule has 2 aromatic heterocycles. The molecule has 162 valence electrons. The fourth-order valence-corrected chi connectivity index (χ4v) is 4.09. The molecule has 0 aliphatic carbocycles. The van der Waals surface area contributed by atoms with Crippen molar-refractivity contribution in [3.05, 3.63) is 64.7 Å². The van der Waals surface area contributed by atoms with Crippen molar-refractivity contribution in [3.63, 3.8) is 0 Å². The number of amides is 1. The zero-order valence-corrected chi connectivity index (χ0v) is 18.0. The van der Waals surface area contributed by atoms with Crippen LogP contribution in [0.3, 0.4) is 0 Å². The summed E-state index contributed by atoms with van der Waals surface area (Å²) in [7, 11) is 0. The van der Waals surface area contributed by atoms with Crippen LogP contribution in [-0.4, -0.2) is 51.8 Å². The summed E-state index contributed by atoms with van der Waals surface area (Å²) in [6.07, 6.45) is 4.76. The van der Waals surface area contributed by atoms with Crippen LogP contribution >= 0.6 is 0 Å². The summed E-state index contributed by atoms with van der Waals surface area (Å²) in [5, 5.41) is 6.00. The van der Waals surface area contributed by atoms with Crippen molar-refractivity contribution in [2.24, 2.45) is 0 Å². The minimum absolute atomic E-state index is 0.0567. The molecular weight excluding hydrogens is 390 g/mol. The van der Waals surface area contributed by atoms with Gasteiger partial charge in [-0.2, -0.15) is 5.10 Å². The van der Waals surface area contributed by atoms with Gasteiger partial charge in [-0.1, -0.05) is 37.6 Å². The SMILES string of the molecule is CCCCn1nc(CC(=O)N2CCCN(c3ccccn3)CC2)c2ccccc2c1=O. The number of aromatic nitrogens is 3. The van der Waals surface area contributed by atoms with Gasteiger partial charge in [-0.3, -0.25) is 9.59 Å². The van der Waals surface area contributed by atoms with Crippen molar-refractivity contribution in [1.29, 1.82) is 0 Å². The van der Waals surface area contributed by atoms with Gasteiger partial charge in [-0.05, 0) is 31.0 Å². The number of hydrogen-bond donors (Lipinski definition) is 0. The number of fused-ring (bicyclic) bond motifs is 1. The average molecular weight is 420 g/mol. The first-order valence-electron chi connectivity index (χ1n) is 11.1. The van der Waals surface area contributed by atoms with Crippen molar-refractivity contribution in [1.82, 2.24) is 19.7 Å². The first-order valence-corrected chi connectivity index (χ1v) is 11.1. The number of nitrogens with zero attached hydrogens (tertiary/aromatic N) is 5. The molecule has 7 nitrogen and oxygen atoms in total. The molecule has 7 heteroatoms. The molecule has 1 aliphatic rings. The number of anilines is 1. The molecule has 3 heterocycles. The molecule has 4 rings (SSSR count). The summed E-state index contributed by atoms with van der Waals surface area (Å²) in [4.78, 5) is 34.5. The molecule has 1 aliphatic heterocycles. The second-order valence-electron chi connectivity index (χ2n) is 7.96. The monoisotopic (exact) mass is 419 g/mol. The summed E-state index contributed by atoms with van der Waals surface area (Å²) < 4.78 is 1.53. The first-order chi connectivity index (χ1) is 15.2. The molecule has 0 N–H and O–H groups in total. The maximum atomic E-state index is 13.2. The van der Waals surface area contributed by atoms with Gasteiger partial charge >= 0.3 is 0 Å². The van der Waals surface area contributed by atoms with Gasteiger partial charge in [0.2, 0.25) is 5.91 Å². The van der Waals surface area contributed by atoms with Crippen LogP contribution < -0.4 is 10.5 Å². The van der Waals surface area contributed by atoms with Crippen LogP contribution in [0.5, 0.6) is 0 Å². The van der Waals surface area contributed by atoms with Crippen molar-refractivity contribution >= 4 is 22.5 Å². The Morgan fingerprint density at radius 3 is 2.58 bits per heavy atom. The lowest BCUT2D eigenvalue weighted by molar-refractivity contribution is -0.130. The number of carbonyl (C=O) groups excluding carboxylic acids is 1. The third kappa shape index (κ3) is 4.76. The third-order valence-electron chi connectivity index (χ3n) is 5.81. The fourth-order valence-electron chi connectivity index (χ4n) is 4.09. The maximum absolute atomic E-state index is 13.2. The Morgan fingerprint density at radius 2 is 1.81 bits per heavy atom. The van der Waals surface area contributed by atoms with Crippen LogP contribution in [0, 0.1) is 0 Å². The molecule has 3 aromatic rings. The lowest BCUT2D eigenvalue weighted by Crippen LogP contribution is -2.37. The molecule has 0 atom stereocenters. The Labute approximate surface area is 182 Å². The van der Waals surface area contributed by atoms with E-state index in [1.54, 1.807) is 6.20 Å². The van der Waals surface area contributed by atoms with E-state index in [0.29, 0.717) is 24.2 Å². The van der Waals surface area contributed by atoms with E-state index < -0.39 is 0 Å². The van der Waals surface area contributed by atoms with Crippen LogP contribution in [-0.2, 0) is 17.8 Å². The zero-order chi connectivity index (χ0) is 21.6. The fraction of sp³-hybridized carbons (Fsp3) is 0.417. The van der Waals surface area contributed by atoms with Gasteiger partial charge in [0, 0.05) is 44.3 Å². The van der Waals surface area contributed by atoms with Crippen molar-refractivity contribution in [3.8, 4) is 0 Å². The molecular formula is C24H29N5O2. The van der Waals surface area contributed by atoms with E-state index in [1.165, 1.54) is 4.68 Å². The second-order valence-corrected chi connectivity index (χ2v) is 7.96. The molecule has 1 fully saturated rings. The van der Waals surface area contributed by atoms with E-state index in [2.05, 4.69) is 21.9 Å². The maximum Gasteiger partial charge on any atom is 0.274 e. The zero-order valence-electron chi connectivity index (χ0n) is 18.0. The smallest absolute Gasteiger partial charge is 0.274 e. The summed E-state index contributed by atoms with van der Waals surface area (Å²) in [5.74, 6) is 1.01. The molecule has 31 heavy (non-hydrogen) atoms. The number of benzene rings is 1. The highest BCUT2D eigenvalue weighted by molar-refractivity contribution is 5.88. The minimum atomic E-state index is -0.0824. The molecule has 0 unspecified atom stereocenters. The van der Waals surface area contributed by atoms with Crippen LogP contribution in [0.4, 0.5) is 5.82 Å². The van der Waals surface area contributed by atoms with Crippen molar-refractivity contribution in [2.45, 2.75) is 39.2 Å². The van der Waals surface area contributed by atoms with Gasteiger partial charge in [-0.15, -0.1) is 0 Å². The molecule has 1 amide bonds. The van der Waals surface area contributed by atoms with Gasteiger partial charge in [0.25, 0.3) is 5.56 Å². The minimum Gasteiger partial charge on any atom is -0.355 e. The Morgan fingerprint density at radius 1 is 1.00 bits per heavy atom. The van der Waals surface area contributed by atoms with E-state index >= 15 is 0 Å². The predicted octanol–water partition coefficient (Wildman–Crippen LogP) is 2.87. The Bertz CT molecular complexity index is 1100. The van der Waals surface area contributed by atoms with Gasteiger partial charge in [0.1, 0.15) is 5.82 Å². The number of aryl methyl sites for hydroxylation is 1. The largest absolute Gasteiger partial charge is 0.355 e. The first kappa shape index (κ1) is 21.0. The Hall–Kier alpha value is -3.22. The molecule has 0 spiro atoms. The second kappa shape index (κ2) is 9.73. The van der Waals surface area contributed by atoms with Crippen molar-refractivity contribution < 1.29 is 4.79 Å². The molecule has 0 bridgehead atoms. The van der Waals surface area contributed by atoms with Crippen LogP contribution in [0.15, 0.2) is 53.5 Å². The number of hydrogen-bond acceptors (Lipinski definition) is 5. The summed E-state index contributed by atoms with van der Waals surface area (Å²) in [5.41, 5.74) is 0.600.